The van der Waals surface area contributed by atoms with Gasteiger partial charge in [0.1, 0.15) is 13.2 Å². The molecule has 0 aromatic heterocycles. The first-order valence-electron chi connectivity index (χ1n) is 31.2. The molecule has 6 nitrogen and oxygen atoms in total. The molecule has 0 spiro atoms. The molecule has 6 heteroatoms. The van der Waals surface area contributed by atoms with Crippen LogP contribution in [0.5, 0.6) is 0 Å². The molecule has 0 amide bonds. The summed E-state index contributed by atoms with van der Waals surface area (Å²) in [5, 5.41) is 0. The summed E-state index contributed by atoms with van der Waals surface area (Å²) < 4.78 is 16.8. The van der Waals surface area contributed by atoms with Crippen molar-refractivity contribution in [3.63, 3.8) is 0 Å². The minimum absolute atomic E-state index is 0.103. The van der Waals surface area contributed by atoms with Crippen LogP contribution in [0.1, 0.15) is 271 Å². The van der Waals surface area contributed by atoms with Gasteiger partial charge in [0.05, 0.1) is 0 Å². The number of hydrogen-bond donors (Lipinski definition) is 0. The van der Waals surface area contributed by atoms with Gasteiger partial charge >= 0.3 is 17.9 Å². The van der Waals surface area contributed by atoms with Crippen LogP contribution in [0.15, 0.2) is 134 Å². The van der Waals surface area contributed by atoms with E-state index >= 15 is 0 Å². The predicted molar refractivity (Wildman–Crippen MR) is 329 cm³/mol. The average molecular weight is 1050 g/mol. The minimum Gasteiger partial charge on any atom is -0.462 e. The van der Waals surface area contributed by atoms with Crippen LogP contribution in [-0.4, -0.2) is 37.2 Å². The van der Waals surface area contributed by atoms with Crippen LogP contribution in [0, 0.1) is 0 Å². The summed E-state index contributed by atoms with van der Waals surface area (Å²) in [6.07, 6.45) is 88.9. The zero-order chi connectivity index (χ0) is 55.0. The number of carbonyl (C=O) groups excluding carboxylic acids is 3. The molecule has 0 saturated carbocycles. The molecule has 0 radical (unpaired) electrons. The third-order valence-electron chi connectivity index (χ3n) is 12.9. The van der Waals surface area contributed by atoms with Crippen molar-refractivity contribution >= 4 is 17.9 Å². The first-order chi connectivity index (χ1) is 37.5. The molecule has 0 heterocycles. The van der Waals surface area contributed by atoms with E-state index in [4.69, 9.17) is 14.2 Å². The molecular formula is C70H114O6. The lowest BCUT2D eigenvalue weighted by Crippen LogP contribution is -2.30. The monoisotopic (exact) mass is 1050 g/mol. The molecular weight excluding hydrogens is 937 g/mol. The van der Waals surface area contributed by atoms with Gasteiger partial charge in [0, 0.05) is 19.3 Å². The Balaban J connectivity index is 4.37. The molecule has 0 fully saturated rings. The second-order valence-corrected chi connectivity index (χ2v) is 20.2. The Hall–Kier alpha value is -4.45. The molecule has 0 aliphatic carbocycles. The molecule has 1 unspecified atom stereocenters. The summed E-state index contributed by atoms with van der Waals surface area (Å²) in [4.78, 5) is 38.2. The van der Waals surface area contributed by atoms with Crippen LogP contribution < -0.4 is 0 Å². The molecule has 0 aromatic carbocycles. The van der Waals surface area contributed by atoms with Crippen molar-refractivity contribution in [3.05, 3.63) is 134 Å². The van der Waals surface area contributed by atoms with Crippen molar-refractivity contribution in [1.82, 2.24) is 0 Å². The van der Waals surface area contributed by atoms with E-state index in [1.807, 2.05) is 0 Å². The van der Waals surface area contributed by atoms with E-state index in [1.54, 1.807) is 0 Å². The van der Waals surface area contributed by atoms with Crippen LogP contribution in [0.25, 0.3) is 0 Å². The summed E-state index contributed by atoms with van der Waals surface area (Å²) in [5.41, 5.74) is 0. The minimum atomic E-state index is -0.812. The fourth-order valence-electron chi connectivity index (χ4n) is 8.31. The Morgan fingerprint density at radius 2 is 0.526 bits per heavy atom. The van der Waals surface area contributed by atoms with Gasteiger partial charge in [-0.1, -0.05) is 276 Å². The lowest BCUT2D eigenvalue weighted by Gasteiger charge is -2.18. The van der Waals surface area contributed by atoms with Crippen molar-refractivity contribution in [2.24, 2.45) is 0 Å². The first kappa shape index (κ1) is 71.5. The number of esters is 3. The molecule has 0 bridgehead atoms. The molecule has 1 atom stereocenters. The Bertz CT molecular complexity index is 1630. The molecule has 0 saturated heterocycles. The standard InChI is InChI=1S/C70H114O6/c1-4-7-10-13-16-19-22-24-26-28-30-32-34-35-37-38-40-42-44-46-48-51-54-57-60-63-69(72)75-66-67(65-74-68(71)62-59-56-53-50-21-18-15-12-9-6-3)76-70(73)64-61-58-55-52-49-47-45-43-41-39-36-33-31-29-27-25-23-20-17-14-11-8-5-2/h7-8,10-11,16-17,19-20,24-27,30-33,39,41,45,47,52,55,67H,4-6,9,12-15,18,21-23,28-29,34-38,40,42-44,46,48-51,53-54,56-66H2,1-3H3/b10-7-,11-8-,19-16-,20-17-,26-24-,27-25-,32-30-,33-31-,41-39-,47-45-,55-52-. The fourth-order valence-corrected chi connectivity index (χ4v) is 8.31. The van der Waals surface area contributed by atoms with Crippen molar-refractivity contribution in [1.29, 1.82) is 0 Å². The van der Waals surface area contributed by atoms with Crippen LogP contribution >= 0.6 is 0 Å². The van der Waals surface area contributed by atoms with Crippen LogP contribution in [0.2, 0.25) is 0 Å². The van der Waals surface area contributed by atoms with E-state index in [-0.39, 0.29) is 37.5 Å². The summed E-state index contributed by atoms with van der Waals surface area (Å²) in [6.45, 7) is 6.36. The highest BCUT2D eigenvalue weighted by Crippen LogP contribution is 2.15. The van der Waals surface area contributed by atoms with E-state index in [9.17, 15) is 14.4 Å². The maximum absolute atomic E-state index is 12.9. The van der Waals surface area contributed by atoms with E-state index in [0.717, 1.165) is 116 Å². The number of carbonyl (C=O) groups is 3. The van der Waals surface area contributed by atoms with E-state index in [1.165, 1.54) is 109 Å². The van der Waals surface area contributed by atoms with Gasteiger partial charge in [-0.15, -0.1) is 0 Å². The summed E-state index contributed by atoms with van der Waals surface area (Å²) in [6, 6.07) is 0. The van der Waals surface area contributed by atoms with Gasteiger partial charge in [0.2, 0.25) is 0 Å². The highest BCUT2D eigenvalue weighted by molar-refractivity contribution is 5.71. The molecule has 0 N–H and O–H groups in total. The molecule has 76 heavy (non-hydrogen) atoms. The van der Waals surface area contributed by atoms with Crippen molar-refractivity contribution < 1.29 is 28.6 Å². The third kappa shape index (κ3) is 60.4. The van der Waals surface area contributed by atoms with Gasteiger partial charge < -0.3 is 14.2 Å². The summed E-state index contributed by atoms with van der Waals surface area (Å²) >= 11 is 0. The Morgan fingerprint density at radius 3 is 0.842 bits per heavy atom. The Kier molecular flexibility index (Phi) is 59.4. The highest BCUT2D eigenvalue weighted by atomic mass is 16.6. The maximum atomic E-state index is 12.9. The van der Waals surface area contributed by atoms with Gasteiger partial charge in [-0.25, -0.2) is 0 Å². The van der Waals surface area contributed by atoms with Crippen LogP contribution in [0.4, 0.5) is 0 Å². The lowest BCUT2D eigenvalue weighted by atomic mass is 10.0. The lowest BCUT2D eigenvalue weighted by molar-refractivity contribution is -0.167. The van der Waals surface area contributed by atoms with Crippen molar-refractivity contribution in [2.75, 3.05) is 13.2 Å². The number of hydrogen-bond acceptors (Lipinski definition) is 6. The molecule has 0 rings (SSSR count). The number of rotatable bonds is 55. The maximum Gasteiger partial charge on any atom is 0.306 e. The zero-order valence-corrected chi connectivity index (χ0v) is 49.2. The Labute approximate surface area is 468 Å². The normalized spacial score (nSPS) is 13.0. The topological polar surface area (TPSA) is 78.9 Å². The number of ether oxygens (including phenoxy) is 3. The summed E-state index contributed by atoms with van der Waals surface area (Å²) in [7, 11) is 0. The van der Waals surface area contributed by atoms with E-state index in [0.29, 0.717) is 19.3 Å². The van der Waals surface area contributed by atoms with Crippen molar-refractivity contribution in [3.8, 4) is 0 Å². The quantitative estimate of drug-likeness (QED) is 0.0261. The van der Waals surface area contributed by atoms with Gasteiger partial charge in [-0.05, 0) is 109 Å². The van der Waals surface area contributed by atoms with Gasteiger partial charge in [-0.3, -0.25) is 14.4 Å². The number of unbranched alkanes of at least 4 members (excludes halogenated alkanes) is 22. The third-order valence-corrected chi connectivity index (χ3v) is 12.9. The Morgan fingerprint density at radius 1 is 0.276 bits per heavy atom. The fraction of sp³-hybridized carbons (Fsp3) is 0.643. The molecule has 0 aliphatic heterocycles. The second-order valence-electron chi connectivity index (χ2n) is 20.2. The SMILES string of the molecule is CC/C=C\C/C=C\C/C=C\C/C=C\C/C=C\C/C=C\C/C=C\CCCC(=O)OC(COC(=O)CCCCCCCCCCCC)COC(=O)CCCCCCCCCCCCCC/C=C\C/C=C\C/C=C\C/C=C\CC. The smallest absolute Gasteiger partial charge is 0.306 e. The van der Waals surface area contributed by atoms with E-state index in [2.05, 4.69) is 154 Å². The molecule has 0 aliphatic rings. The molecule has 430 valence electrons. The number of allylic oxidation sites excluding steroid dienone is 22. The van der Waals surface area contributed by atoms with Gasteiger partial charge in [0.15, 0.2) is 6.10 Å². The summed E-state index contributed by atoms with van der Waals surface area (Å²) in [5.74, 6) is -0.966. The zero-order valence-electron chi connectivity index (χ0n) is 49.2. The second kappa shape index (κ2) is 63.1. The van der Waals surface area contributed by atoms with Crippen LogP contribution in [-0.2, 0) is 28.6 Å². The highest BCUT2D eigenvalue weighted by Gasteiger charge is 2.19. The first-order valence-corrected chi connectivity index (χ1v) is 31.2. The van der Waals surface area contributed by atoms with Gasteiger partial charge in [0.25, 0.3) is 0 Å². The van der Waals surface area contributed by atoms with E-state index < -0.39 is 6.10 Å². The van der Waals surface area contributed by atoms with Gasteiger partial charge in [-0.2, -0.15) is 0 Å². The average Bonchev–Trinajstić information content (AvgIpc) is 3.42. The van der Waals surface area contributed by atoms with Crippen molar-refractivity contribution in [2.45, 2.75) is 277 Å². The molecule has 0 aromatic rings. The largest absolute Gasteiger partial charge is 0.462 e. The predicted octanol–water partition coefficient (Wildman–Crippen LogP) is 21.4. The van der Waals surface area contributed by atoms with Crippen LogP contribution in [0.3, 0.4) is 0 Å².